The van der Waals surface area contributed by atoms with E-state index in [1.54, 1.807) is 0 Å². The number of aryl methyl sites for hydroxylation is 1. The second kappa shape index (κ2) is 6.13. The summed E-state index contributed by atoms with van der Waals surface area (Å²) in [6.07, 6.45) is -0.740. The molecule has 2 rings (SSSR count). The van der Waals surface area contributed by atoms with Crippen LogP contribution in [0.3, 0.4) is 0 Å². The highest BCUT2D eigenvalue weighted by Crippen LogP contribution is 2.34. The van der Waals surface area contributed by atoms with E-state index >= 15 is 0 Å². The number of hydrogen-bond acceptors (Lipinski definition) is 3. The number of hydrogen-bond donors (Lipinski definition) is 0. The molecule has 0 N–H and O–H groups in total. The van der Waals surface area contributed by atoms with E-state index in [-0.39, 0.29) is 4.90 Å². The summed E-state index contributed by atoms with van der Waals surface area (Å²) in [6, 6.07) is -0.567. The molecule has 1 fully saturated rings. The average Bonchev–Trinajstić information content (AvgIpc) is 3.10. The zero-order valence-electron chi connectivity index (χ0n) is 11.1. The lowest BCUT2D eigenvalue weighted by Crippen LogP contribution is -2.40. The van der Waals surface area contributed by atoms with Gasteiger partial charge in [-0.05, 0) is 19.3 Å². The third-order valence-electron chi connectivity index (χ3n) is 3.03. The second-order valence-corrected chi connectivity index (χ2v) is 7.15. The van der Waals surface area contributed by atoms with Gasteiger partial charge in [-0.3, -0.25) is 4.68 Å². The largest absolute Gasteiger partial charge is 0.402 e. The minimum Gasteiger partial charge on any atom is -0.271 e. The molecule has 1 aliphatic carbocycles. The van der Waals surface area contributed by atoms with Crippen LogP contribution < -0.4 is 0 Å². The lowest BCUT2D eigenvalue weighted by molar-refractivity contribution is -0.137. The summed E-state index contributed by atoms with van der Waals surface area (Å²) in [4.78, 5) is -0.215. The Morgan fingerprint density at radius 1 is 1.43 bits per heavy atom. The van der Waals surface area contributed by atoms with Crippen molar-refractivity contribution in [3.8, 4) is 0 Å². The average molecular weight is 346 g/mol. The van der Waals surface area contributed by atoms with E-state index in [9.17, 15) is 21.6 Å². The summed E-state index contributed by atoms with van der Waals surface area (Å²) in [7, 11) is -4.18. The van der Waals surface area contributed by atoms with E-state index in [4.69, 9.17) is 11.6 Å². The molecule has 5 nitrogen and oxygen atoms in total. The smallest absolute Gasteiger partial charge is 0.271 e. The van der Waals surface area contributed by atoms with Crippen LogP contribution >= 0.6 is 11.6 Å². The number of nitrogens with zero attached hydrogens (tertiary/aromatic N) is 3. The number of alkyl halides is 4. The standard InChI is InChI=1S/C11H15ClF3N3O2S/c12-4-1-5-17-7-10(6-16-17)21(19,20)18(9-2-3-9)8-11(13,14)15/h6-7,9H,1-5,8H2. The van der Waals surface area contributed by atoms with E-state index in [1.165, 1.54) is 10.9 Å². The Hall–Kier alpha value is -0.800. The molecule has 0 amide bonds. The van der Waals surface area contributed by atoms with Crippen LogP contribution in [0.5, 0.6) is 0 Å². The van der Waals surface area contributed by atoms with Crippen LogP contribution in [-0.2, 0) is 16.6 Å². The molecule has 1 heterocycles. The summed E-state index contributed by atoms with van der Waals surface area (Å²) < 4.78 is 64.3. The van der Waals surface area contributed by atoms with Crippen molar-refractivity contribution in [2.75, 3.05) is 12.4 Å². The molecule has 0 atom stereocenters. The van der Waals surface area contributed by atoms with Gasteiger partial charge in [0.2, 0.25) is 10.0 Å². The Balaban J connectivity index is 2.20. The maximum absolute atomic E-state index is 12.6. The van der Waals surface area contributed by atoms with Crippen LogP contribution in [0, 0.1) is 0 Å². The Morgan fingerprint density at radius 3 is 2.62 bits per heavy atom. The number of halogens is 4. The third-order valence-corrected chi connectivity index (χ3v) is 5.14. The van der Waals surface area contributed by atoms with Crippen LogP contribution in [-0.4, -0.2) is 47.1 Å². The van der Waals surface area contributed by atoms with E-state index in [2.05, 4.69) is 5.10 Å². The van der Waals surface area contributed by atoms with Crippen LogP contribution in [0.1, 0.15) is 19.3 Å². The minimum absolute atomic E-state index is 0.215. The van der Waals surface area contributed by atoms with Crippen molar-refractivity contribution in [2.24, 2.45) is 0 Å². The molecule has 0 aliphatic heterocycles. The first kappa shape index (κ1) is 16.6. The van der Waals surface area contributed by atoms with Gasteiger partial charge >= 0.3 is 6.18 Å². The molecule has 0 unspecified atom stereocenters. The highest BCUT2D eigenvalue weighted by molar-refractivity contribution is 7.89. The Kier molecular flexibility index (Phi) is 4.84. The highest BCUT2D eigenvalue weighted by atomic mass is 35.5. The van der Waals surface area contributed by atoms with Crippen molar-refractivity contribution in [2.45, 2.75) is 42.9 Å². The molecular weight excluding hydrogens is 331 g/mol. The maximum Gasteiger partial charge on any atom is 0.402 e. The first-order valence-electron chi connectivity index (χ1n) is 6.41. The van der Waals surface area contributed by atoms with Crippen molar-refractivity contribution >= 4 is 21.6 Å². The topological polar surface area (TPSA) is 55.2 Å². The summed E-state index contributed by atoms with van der Waals surface area (Å²) >= 11 is 5.53. The summed E-state index contributed by atoms with van der Waals surface area (Å²) in [5.41, 5.74) is 0. The van der Waals surface area contributed by atoms with Crippen LogP contribution in [0.2, 0.25) is 0 Å². The van der Waals surface area contributed by atoms with Gasteiger partial charge in [0, 0.05) is 24.7 Å². The molecule has 1 aliphatic rings. The Labute approximate surface area is 125 Å². The fourth-order valence-electron chi connectivity index (χ4n) is 1.91. The summed E-state index contributed by atoms with van der Waals surface area (Å²) in [5, 5.41) is 3.85. The van der Waals surface area contributed by atoms with Crippen LogP contribution in [0.25, 0.3) is 0 Å². The van der Waals surface area contributed by atoms with Crippen molar-refractivity contribution in [3.05, 3.63) is 12.4 Å². The summed E-state index contributed by atoms with van der Waals surface area (Å²) in [5.74, 6) is 0.393. The second-order valence-electron chi connectivity index (χ2n) is 4.88. The molecule has 0 saturated heterocycles. The lowest BCUT2D eigenvalue weighted by Gasteiger charge is -2.22. The zero-order valence-corrected chi connectivity index (χ0v) is 12.6. The first-order chi connectivity index (χ1) is 9.74. The van der Waals surface area contributed by atoms with Gasteiger partial charge in [0.05, 0.1) is 6.20 Å². The quantitative estimate of drug-likeness (QED) is 0.712. The van der Waals surface area contributed by atoms with Crippen molar-refractivity contribution in [1.29, 1.82) is 0 Å². The molecule has 120 valence electrons. The molecule has 0 spiro atoms. The molecule has 1 aromatic rings. The Bertz CT molecular complexity index is 584. The van der Waals surface area contributed by atoms with Crippen LogP contribution in [0.15, 0.2) is 17.3 Å². The van der Waals surface area contributed by atoms with E-state index < -0.39 is 28.8 Å². The van der Waals surface area contributed by atoms with Gasteiger partial charge < -0.3 is 0 Å². The van der Waals surface area contributed by atoms with Gasteiger partial charge in [0.15, 0.2) is 0 Å². The van der Waals surface area contributed by atoms with E-state index in [0.717, 1.165) is 6.20 Å². The molecule has 1 aromatic heterocycles. The molecule has 1 saturated carbocycles. The first-order valence-corrected chi connectivity index (χ1v) is 8.38. The van der Waals surface area contributed by atoms with Gasteiger partial charge in [0.1, 0.15) is 11.4 Å². The van der Waals surface area contributed by atoms with Crippen molar-refractivity contribution in [3.63, 3.8) is 0 Å². The van der Waals surface area contributed by atoms with Gasteiger partial charge in [-0.2, -0.15) is 22.6 Å². The van der Waals surface area contributed by atoms with E-state index in [0.29, 0.717) is 36.0 Å². The minimum atomic E-state index is -4.57. The maximum atomic E-state index is 12.6. The van der Waals surface area contributed by atoms with Gasteiger partial charge in [0.25, 0.3) is 0 Å². The van der Waals surface area contributed by atoms with Gasteiger partial charge in [-0.25, -0.2) is 8.42 Å². The SMILES string of the molecule is O=S(=O)(c1cnn(CCCCl)c1)N(CC(F)(F)F)C1CC1. The number of rotatable bonds is 7. The number of sulfonamides is 1. The monoisotopic (exact) mass is 345 g/mol. The van der Waals surface area contributed by atoms with Crippen molar-refractivity contribution < 1.29 is 21.6 Å². The molecule has 21 heavy (non-hydrogen) atoms. The molecule has 0 bridgehead atoms. The fraction of sp³-hybridized carbons (Fsp3) is 0.727. The normalized spacial score (nSPS) is 16.6. The van der Waals surface area contributed by atoms with Crippen molar-refractivity contribution in [1.82, 2.24) is 14.1 Å². The van der Waals surface area contributed by atoms with Gasteiger partial charge in [-0.15, -0.1) is 11.6 Å². The lowest BCUT2D eigenvalue weighted by atomic mass is 10.5. The molecule has 0 radical (unpaired) electrons. The molecular formula is C11H15ClF3N3O2S. The Morgan fingerprint density at radius 2 is 2.10 bits per heavy atom. The van der Waals surface area contributed by atoms with E-state index in [1.807, 2.05) is 0 Å². The third kappa shape index (κ3) is 4.33. The predicted molar refractivity (Wildman–Crippen MR) is 70.5 cm³/mol. The molecule has 10 heteroatoms. The molecule has 0 aromatic carbocycles. The fourth-order valence-corrected chi connectivity index (χ4v) is 3.65. The number of aromatic nitrogens is 2. The summed E-state index contributed by atoms with van der Waals surface area (Å²) in [6.45, 7) is -1.05. The highest BCUT2D eigenvalue weighted by Gasteiger charge is 2.45. The predicted octanol–water partition coefficient (Wildman–Crippen LogP) is 2.23. The van der Waals surface area contributed by atoms with Crippen LogP contribution in [0.4, 0.5) is 13.2 Å². The zero-order chi connectivity index (χ0) is 15.7. The van der Waals surface area contributed by atoms with Gasteiger partial charge in [-0.1, -0.05) is 0 Å².